The van der Waals surface area contributed by atoms with Gasteiger partial charge in [0.25, 0.3) is 0 Å². The van der Waals surface area contributed by atoms with E-state index < -0.39 is 6.17 Å². The number of nitrogens with zero attached hydrogens (tertiary/aromatic N) is 3. The summed E-state index contributed by atoms with van der Waals surface area (Å²) in [5.41, 5.74) is 8.08. The van der Waals surface area contributed by atoms with Gasteiger partial charge in [-0.3, -0.25) is 9.88 Å². The Kier molecular flexibility index (Phi) is 3.30. The summed E-state index contributed by atoms with van der Waals surface area (Å²) in [6.45, 7) is 1.17. The molecule has 9 nitrogen and oxygen atoms in total. The molecule has 0 radical (unpaired) electrons. The van der Waals surface area contributed by atoms with Crippen molar-refractivity contribution in [1.82, 2.24) is 9.55 Å². The molecule has 0 saturated heterocycles. The second-order valence-electron chi connectivity index (χ2n) is 6.40. The van der Waals surface area contributed by atoms with Gasteiger partial charge >= 0.3 is 0 Å². The van der Waals surface area contributed by atoms with Crippen molar-refractivity contribution in [3.8, 4) is 23.0 Å². The zero-order chi connectivity index (χ0) is 18.5. The van der Waals surface area contributed by atoms with Crippen molar-refractivity contribution in [3.05, 3.63) is 35.9 Å². The molecule has 1 aromatic heterocycles. The number of aliphatic imine (C=N–C) groups is 1. The van der Waals surface area contributed by atoms with Gasteiger partial charge in [0.2, 0.25) is 5.95 Å². The van der Waals surface area contributed by atoms with E-state index in [0.717, 1.165) is 11.9 Å². The number of nitrogens with one attached hydrogen (secondary N) is 1. The van der Waals surface area contributed by atoms with Gasteiger partial charge < -0.3 is 25.4 Å². The fourth-order valence-electron chi connectivity index (χ4n) is 3.35. The Hall–Kier alpha value is -3.62. The second-order valence-corrected chi connectivity index (χ2v) is 6.40. The minimum absolute atomic E-state index is 0.198. The number of guanidine groups is 1. The Morgan fingerprint density at radius 2 is 1.85 bits per heavy atom. The smallest absolute Gasteiger partial charge is 0.212 e. The number of aromatic nitrogens is 2. The van der Waals surface area contributed by atoms with Crippen molar-refractivity contribution in [2.45, 2.75) is 12.6 Å². The third kappa shape index (κ3) is 2.47. The maximum absolute atomic E-state index is 9.89. The van der Waals surface area contributed by atoms with Crippen LogP contribution in [-0.2, 0) is 0 Å². The van der Waals surface area contributed by atoms with Gasteiger partial charge in [0, 0.05) is 24.1 Å². The predicted molar refractivity (Wildman–Crippen MR) is 98.5 cm³/mol. The second kappa shape index (κ2) is 5.70. The topological polar surface area (TPSA) is 127 Å². The van der Waals surface area contributed by atoms with Crippen molar-refractivity contribution in [3.63, 3.8) is 0 Å². The van der Waals surface area contributed by atoms with E-state index in [4.69, 9.17) is 15.2 Å². The molecular weight excluding hydrogens is 350 g/mol. The number of anilines is 1. The predicted octanol–water partition coefficient (Wildman–Crippen LogP) is 1.90. The van der Waals surface area contributed by atoms with E-state index >= 15 is 0 Å². The van der Waals surface area contributed by atoms with Crippen molar-refractivity contribution < 1.29 is 19.7 Å². The lowest BCUT2D eigenvalue weighted by atomic mass is 10.1. The number of aromatic hydroxyl groups is 2. The Morgan fingerprint density at radius 1 is 1.07 bits per heavy atom. The van der Waals surface area contributed by atoms with Gasteiger partial charge in [0.1, 0.15) is 0 Å². The van der Waals surface area contributed by atoms with Gasteiger partial charge in [-0.05, 0) is 12.1 Å². The minimum atomic E-state index is -0.553. The van der Waals surface area contributed by atoms with Gasteiger partial charge in [-0.2, -0.15) is 0 Å². The first-order chi connectivity index (χ1) is 13.1. The molecule has 0 saturated carbocycles. The van der Waals surface area contributed by atoms with E-state index in [0.29, 0.717) is 41.7 Å². The van der Waals surface area contributed by atoms with Gasteiger partial charge in [0.15, 0.2) is 35.1 Å². The van der Waals surface area contributed by atoms with E-state index in [-0.39, 0.29) is 17.5 Å². The Bertz CT molecular complexity index is 1090. The lowest BCUT2D eigenvalue weighted by molar-refractivity contribution is 0.297. The number of hydrogen-bond donors (Lipinski definition) is 4. The van der Waals surface area contributed by atoms with Crippen molar-refractivity contribution >= 4 is 22.9 Å². The lowest BCUT2D eigenvalue weighted by Gasteiger charge is -2.24. The maximum Gasteiger partial charge on any atom is 0.212 e. The molecule has 5 rings (SSSR count). The molecule has 0 spiro atoms. The molecule has 5 N–H and O–H groups in total. The molecule has 3 heterocycles. The van der Waals surface area contributed by atoms with Crippen LogP contribution >= 0.6 is 0 Å². The minimum Gasteiger partial charge on any atom is -0.504 e. The highest BCUT2D eigenvalue weighted by atomic mass is 16.5. The van der Waals surface area contributed by atoms with Crippen molar-refractivity contribution in [2.24, 2.45) is 10.7 Å². The molecule has 27 heavy (non-hydrogen) atoms. The number of ether oxygens (including phenoxy) is 2. The van der Waals surface area contributed by atoms with Crippen LogP contribution in [0.2, 0.25) is 0 Å². The highest BCUT2D eigenvalue weighted by molar-refractivity contribution is 5.95. The molecule has 0 amide bonds. The molecule has 138 valence electrons. The van der Waals surface area contributed by atoms with Crippen LogP contribution in [-0.4, -0.2) is 38.9 Å². The number of rotatable bonds is 1. The first kappa shape index (κ1) is 15.6. The van der Waals surface area contributed by atoms with Crippen LogP contribution in [0.3, 0.4) is 0 Å². The molecule has 0 bridgehead atoms. The summed E-state index contributed by atoms with van der Waals surface area (Å²) >= 11 is 0. The SMILES string of the molecule is NC1=NC(c2ccc(O)c(O)c2)n2c(nc3cc4c(cc32)OCCCO4)N1. The first-order valence-corrected chi connectivity index (χ1v) is 8.54. The summed E-state index contributed by atoms with van der Waals surface area (Å²) in [7, 11) is 0. The number of nitrogens with two attached hydrogens (primary N) is 1. The molecule has 1 unspecified atom stereocenters. The fraction of sp³-hybridized carbons (Fsp3) is 0.222. The van der Waals surface area contributed by atoms with E-state index in [9.17, 15) is 10.2 Å². The van der Waals surface area contributed by atoms with Crippen LogP contribution < -0.4 is 20.5 Å². The molecule has 0 fully saturated rings. The highest BCUT2D eigenvalue weighted by Gasteiger charge is 2.27. The molecule has 2 aliphatic rings. The monoisotopic (exact) mass is 367 g/mol. The summed E-state index contributed by atoms with van der Waals surface area (Å²) < 4.78 is 13.4. The van der Waals surface area contributed by atoms with E-state index in [1.165, 1.54) is 12.1 Å². The third-order valence-corrected chi connectivity index (χ3v) is 4.60. The summed E-state index contributed by atoms with van der Waals surface area (Å²) in [5, 5.41) is 22.5. The van der Waals surface area contributed by atoms with Crippen LogP contribution in [0.15, 0.2) is 35.3 Å². The Morgan fingerprint density at radius 3 is 2.63 bits per heavy atom. The number of benzene rings is 2. The van der Waals surface area contributed by atoms with E-state index in [1.54, 1.807) is 6.07 Å². The van der Waals surface area contributed by atoms with Crippen LogP contribution in [0.4, 0.5) is 5.95 Å². The highest BCUT2D eigenvalue weighted by Crippen LogP contribution is 2.40. The van der Waals surface area contributed by atoms with Gasteiger partial charge in [-0.25, -0.2) is 9.98 Å². The summed E-state index contributed by atoms with van der Waals surface area (Å²) in [5.74, 6) is 1.62. The average molecular weight is 367 g/mol. The first-order valence-electron chi connectivity index (χ1n) is 8.54. The van der Waals surface area contributed by atoms with Crippen LogP contribution in [0.5, 0.6) is 23.0 Å². The molecule has 9 heteroatoms. The number of phenolic OH excluding ortho intramolecular Hbond substituents is 2. The summed E-state index contributed by atoms with van der Waals surface area (Å²) in [4.78, 5) is 9.06. The number of phenols is 2. The number of fused-ring (bicyclic) bond motifs is 4. The van der Waals surface area contributed by atoms with Crippen molar-refractivity contribution in [1.29, 1.82) is 0 Å². The third-order valence-electron chi connectivity index (χ3n) is 4.60. The molecular formula is C18H17N5O4. The average Bonchev–Trinajstić information content (AvgIpc) is 2.83. The maximum atomic E-state index is 9.89. The summed E-state index contributed by atoms with van der Waals surface area (Å²) in [6.07, 6.45) is 0.262. The number of hydrogen-bond acceptors (Lipinski definition) is 8. The molecule has 2 aromatic carbocycles. The van der Waals surface area contributed by atoms with Crippen molar-refractivity contribution in [2.75, 3.05) is 18.5 Å². The largest absolute Gasteiger partial charge is 0.504 e. The standard InChI is InChI=1S/C18H17N5O4/c19-17-21-16(9-2-3-12(24)13(25)6-9)23-11-8-15-14(26-4-1-5-27-15)7-10(11)20-18(23)22-17/h2-3,6-8,16,24-25H,1,4-5H2,(H3,19,20,21,22). The molecule has 3 aromatic rings. The molecule has 0 aliphatic carbocycles. The van der Waals surface area contributed by atoms with Gasteiger partial charge in [-0.15, -0.1) is 0 Å². The summed E-state index contributed by atoms with van der Waals surface area (Å²) in [6, 6.07) is 8.27. The lowest BCUT2D eigenvalue weighted by Crippen LogP contribution is -2.31. The van der Waals surface area contributed by atoms with Crippen LogP contribution in [0, 0.1) is 0 Å². The van der Waals surface area contributed by atoms with Gasteiger partial charge in [0.05, 0.1) is 24.2 Å². The van der Waals surface area contributed by atoms with Crippen LogP contribution in [0.1, 0.15) is 18.2 Å². The quantitative estimate of drug-likeness (QED) is 0.484. The van der Waals surface area contributed by atoms with Gasteiger partial charge in [-0.1, -0.05) is 6.07 Å². The molecule has 1 atom stereocenters. The Labute approximate surface area is 153 Å². The zero-order valence-electron chi connectivity index (χ0n) is 14.2. The van der Waals surface area contributed by atoms with Crippen LogP contribution in [0.25, 0.3) is 11.0 Å². The Balaban J connectivity index is 1.71. The fourth-order valence-corrected chi connectivity index (χ4v) is 3.35. The van der Waals surface area contributed by atoms with E-state index in [2.05, 4.69) is 15.3 Å². The number of imidazole rings is 1. The zero-order valence-corrected chi connectivity index (χ0v) is 14.2. The van der Waals surface area contributed by atoms with E-state index in [1.807, 2.05) is 16.7 Å². The molecule has 2 aliphatic heterocycles. The normalized spacial score (nSPS) is 18.4.